The van der Waals surface area contributed by atoms with Crippen molar-refractivity contribution in [3.05, 3.63) is 77.9 Å². The second kappa shape index (κ2) is 5.17. The Bertz CT molecular complexity index is 1120. The molecule has 25 heavy (non-hydrogen) atoms. The molecule has 0 saturated heterocycles. The minimum Gasteiger partial charge on any atom is -0.364 e. The third kappa shape index (κ3) is 2.43. The number of rotatable bonds is 2. The van der Waals surface area contributed by atoms with Gasteiger partial charge in [-0.25, -0.2) is 0 Å². The van der Waals surface area contributed by atoms with E-state index in [0.717, 1.165) is 22.8 Å². The molecule has 1 heterocycles. The predicted octanol–water partition coefficient (Wildman–Crippen LogP) is 4.07. The number of benzene rings is 3. The van der Waals surface area contributed by atoms with Crippen LogP contribution in [0.2, 0.25) is 0 Å². The summed E-state index contributed by atoms with van der Waals surface area (Å²) in [6, 6.07) is 21.7. The van der Waals surface area contributed by atoms with E-state index in [9.17, 15) is 8.42 Å². The van der Waals surface area contributed by atoms with Crippen LogP contribution >= 0.6 is 0 Å². The van der Waals surface area contributed by atoms with Crippen LogP contribution in [0.5, 0.6) is 5.75 Å². The maximum absolute atomic E-state index is 12.2. The van der Waals surface area contributed by atoms with Gasteiger partial charge in [-0.05, 0) is 29.4 Å². The molecule has 1 aliphatic heterocycles. The van der Waals surface area contributed by atoms with Crippen LogP contribution < -0.4 is 4.18 Å². The second-order valence-electron chi connectivity index (χ2n) is 6.51. The van der Waals surface area contributed by atoms with Gasteiger partial charge in [0.1, 0.15) is 0 Å². The van der Waals surface area contributed by atoms with E-state index in [4.69, 9.17) is 4.18 Å². The van der Waals surface area contributed by atoms with Crippen LogP contribution in [0.25, 0.3) is 10.8 Å². The lowest BCUT2D eigenvalue weighted by Gasteiger charge is -2.19. The highest BCUT2D eigenvalue weighted by Crippen LogP contribution is 2.51. The van der Waals surface area contributed by atoms with Crippen LogP contribution in [-0.4, -0.2) is 14.1 Å². The molecular formula is C20H15NO3S. The van der Waals surface area contributed by atoms with Gasteiger partial charge in [-0.15, -0.1) is 4.40 Å². The van der Waals surface area contributed by atoms with Crippen molar-refractivity contribution in [3.8, 4) is 5.75 Å². The van der Waals surface area contributed by atoms with Gasteiger partial charge in [0.05, 0.1) is 5.71 Å². The molecule has 2 atom stereocenters. The SMILES string of the molecule is O=S1(=O)N=C([C@H]2C[C@@H]2c2ccccc2)c2ccc3ccccc3c2O1. The molecule has 0 amide bonds. The average Bonchev–Trinajstić information content (AvgIpc) is 3.42. The minimum atomic E-state index is -3.96. The molecule has 0 N–H and O–H groups in total. The fourth-order valence-corrected chi connectivity index (χ4v) is 4.56. The number of nitrogens with zero attached hydrogens (tertiary/aromatic N) is 1. The molecule has 5 heteroatoms. The smallest absolute Gasteiger partial charge is 0.364 e. The summed E-state index contributed by atoms with van der Waals surface area (Å²) in [6.07, 6.45) is 0.907. The van der Waals surface area contributed by atoms with Crippen molar-refractivity contribution in [1.29, 1.82) is 0 Å². The lowest BCUT2D eigenvalue weighted by molar-refractivity contribution is 0.487. The molecule has 0 radical (unpaired) electrons. The maximum Gasteiger partial charge on any atom is 0.428 e. The Morgan fingerprint density at radius 2 is 1.64 bits per heavy atom. The van der Waals surface area contributed by atoms with Crippen molar-refractivity contribution in [1.82, 2.24) is 0 Å². The van der Waals surface area contributed by atoms with Gasteiger partial charge in [0.25, 0.3) is 0 Å². The Labute approximate surface area is 146 Å². The molecule has 0 bridgehead atoms. The van der Waals surface area contributed by atoms with Gasteiger partial charge in [0.15, 0.2) is 5.75 Å². The van der Waals surface area contributed by atoms with Crippen LogP contribution in [0.4, 0.5) is 0 Å². The molecule has 1 aliphatic carbocycles. The van der Waals surface area contributed by atoms with Gasteiger partial charge >= 0.3 is 10.3 Å². The molecule has 1 fully saturated rings. The third-order valence-electron chi connectivity index (χ3n) is 4.92. The van der Waals surface area contributed by atoms with E-state index < -0.39 is 10.3 Å². The van der Waals surface area contributed by atoms with E-state index in [1.807, 2.05) is 54.6 Å². The Morgan fingerprint density at radius 1 is 0.880 bits per heavy atom. The van der Waals surface area contributed by atoms with Crippen molar-refractivity contribution < 1.29 is 12.6 Å². The van der Waals surface area contributed by atoms with Crippen LogP contribution in [0.1, 0.15) is 23.5 Å². The first kappa shape index (κ1) is 14.7. The summed E-state index contributed by atoms with van der Waals surface area (Å²) in [5, 5.41) is 1.75. The van der Waals surface area contributed by atoms with E-state index in [-0.39, 0.29) is 5.92 Å². The molecule has 0 aromatic heterocycles. The lowest BCUT2D eigenvalue weighted by atomic mass is 9.98. The summed E-state index contributed by atoms with van der Waals surface area (Å²) in [5.41, 5.74) is 2.64. The van der Waals surface area contributed by atoms with Crippen molar-refractivity contribution in [2.45, 2.75) is 12.3 Å². The minimum absolute atomic E-state index is 0.112. The topological polar surface area (TPSA) is 55.7 Å². The number of hydrogen-bond donors (Lipinski definition) is 0. The molecule has 0 unspecified atom stereocenters. The largest absolute Gasteiger partial charge is 0.428 e. The van der Waals surface area contributed by atoms with Crippen molar-refractivity contribution >= 4 is 26.8 Å². The van der Waals surface area contributed by atoms with Gasteiger partial charge in [-0.3, -0.25) is 0 Å². The van der Waals surface area contributed by atoms with Crippen LogP contribution in [-0.2, 0) is 10.3 Å². The Morgan fingerprint density at radius 3 is 2.48 bits per heavy atom. The molecule has 2 aliphatic rings. The quantitative estimate of drug-likeness (QED) is 0.701. The number of fused-ring (bicyclic) bond motifs is 3. The zero-order valence-corrected chi connectivity index (χ0v) is 14.1. The first-order valence-corrected chi connectivity index (χ1v) is 9.60. The normalized spacial score (nSPS) is 23.4. The van der Waals surface area contributed by atoms with E-state index in [2.05, 4.69) is 16.5 Å². The first-order chi connectivity index (χ1) is 12.1. The van der Waals surface area contributed by atoms with Crippen LogP contribution in [0.15, 0.2) is 71.1 Å². The standard InChI is InChI=1S/C20H15NO3S/c22-25(23)21-19(18-12-17(18)13-6-2-1-3-7-13)16-11-10-14-8-4-5-9-15(14)20(16)24-25/h1-11,17-18H,12H2/t17-,18+/m1/s1. The van der Waals surface area contributed by atoms with E-state index in [0.29, 0.717) is 17.4 Å². The molecule has 1 saturated carbocycles. The molecule has 0 spiro atoms. The Balaban J connectivity index is 1.64. The van der Waals surface area contributed by atoms with Gasteiger partial charge in [-0.2, -0.15) is 8.42 Å². The van der Waals surface area contributed by atoms with Gasteiger partial charge in [0, 0.05) is 16.9 Å². The molecule has 5 rings (SSSR count). The van der Waals surface area contributed by atoms with Crippen molar-refractivity contribution in [2.75, 3.05) is 0 Å². The van der Waals surface area contributed by atoms with Crippen LogP contribution in [0.3, 0.4) is 0 Å². The predicted molar refractivity (Wildman–Crippen MR) is 97.3 cm³/mol. The first-order valence-electron chi connectivity index (χ1n) is 8.24. The average molecular weight is 349 g/mol. The highest BCUT2D eigenvalue weighted by Gasteiger charge is 2.45. The summed E-state index contributed by atoms with van der Waals surface area (Å²) in [4.78, 5) is 0. The van der Waals surface area contributed by atoms with Crippen LogP contribution in [0, 0.1) is 5.92 Å². The summed E-state index contributed by atoms with van der Waals surface area (Å²) in [6.45, 7) is 0. The second-order valence-corrected chi connectivity index (χ2v) is 7.72. The van der Waals surface area contributed by atoms with Gasteiger partial charge < -0.3 is 4.18 Å². The van der Waals surface area contributed by atoms with Crippen molar-refractivity contribution in [2.24, 2.45) is 10.3 Å². The molecule has 3 aromatic carbocycles. The van der Waals surface area contributed by atoms with E-state index in [1.54, 1.807) is 0 Å². The zero-order valence-electron chi connectivity index (χ0n) is 13.3. The van der Waals surface area contributed by atoms with E-state index >= 15 is 0 Å². The third-order valence-corrected chi connectivity index (χ3v) is 5.72. The maximum atomic E-state index is 12.2. The summed E-state index contributed by atoms with van der Waals surface area (Å²) >= 11 is 0. The zero-order chi connectivity index (χ0) is 17.0. The van der Waals surface area contributed by atoms with Crippen molar-refractivity contribution in [3.63, 3.8) is 0 Å². The molecule has 3 aromatic rings. The van der Waals surface area contributed by atoms with Gasteiger partial charge in [0.2, 0.25) is 0 Å². The molecular weight excluding hydrogens is 334 g/mol. The van der Waals surface area contributed by atoms with E-state index in [1.165, 1.54) is 5.56 Å². The fraction of sp³-hybridized carbons (Fsp3) is 0.150. The summed E-state index contributed by atoms with van der Waals surface area (Å²) < 4.78 is 33.7. The molecule has 124 valence electrons. The highest BCUT2D eigenvalue weighted by molar-refractivity contribution is 7.86. The lowest BCUT2D eigenvalue weighted by Crippen LogP contribution is -2.20. The Hall–Kier alpha value is -2.66. The Kier molecular flexibility index (Phi) is 3.03. The molecule has 4 nitrogen and oxygen atoms in total. The highest BCUT2D eigenvalue weighted by atomic mass is 32.2. The number of hydrogen-bond acceptors (Lipinski definition) is 3. The summed E-state index contributed by atoms with van der Waals surface area (Å²) in [7, 11) is -3.96. The fourth-order valence-electron chi connectivity index (χ4n) is 3.66. The summed E-state index contributed by atoms with van der Waals surface area (Å²) in [5.74, 6) is 0.829. The van der Waals surface area contributed by atoms with Gasteiger partial charge in [-0.1, -0.05) is 60.7 Å². The monoisotopic (exact) mass is 349 g/mol.